The first-order chi connectivity index (χ1) is 6.74. The number of aryl methyl sites for hydroxylation is 1. The zero-order valence-electron chi connectivity index (χ0n) is 7.91. The normalized spacial score (nSPS) is 10.6. The van der Waals surface area contributed by atoms with E-state index in [0.29, 0.717) is 0 Å². The maximum absolute atomic E-state index is 10.8. The van der Waals surface area contributed by atoms with E-state index < -0.39 is 0 Å². The molecule has 1 heterocycles. The minimum absolute atomic E-state index is 0.779. The van der Waals surface area contributed by atoms with E-state index in [1.165, 1.54) is 11.3 Å². The lowest BCUT2D eigenvalue weighted by molar-refractivity contribution is 0.112. The highest BCUT2D eigenvalue weighted by Gasteiger charge is 2.05. The van der Waals surface area contributed by atoms with Crippen LogP contribution in [0.5, 0.6) is 0 Å². The van der Waals surface area contributed by atoms with Crippen LogP contribution in [-0.2, 0) is 6.42 Å². The molecule has 0 aliphatic heterocycles. The Morgan fingerprint density at radius 3 is 2.86 bits per heavy atom. The molecule has 0 spiro atoms. The molecule has 0 fully saturated rings. The van der Waals surface area contributed by atoms with Gasteiger partial charge in [-0.05, 0) is 35.6 Å². The van der Waals surface area contributed by atoms with Crippen LogP contribution in [0.2, 0.25) is 0 Å². The molecule has 0 saturated carbocycles. The van der Waals surface area contributed by atoms with E-state index in [1.54, 1.807) is 0 Å². The van der Waals surface area contributed by atoms with Crippen LogP contribution in [0.15, 0.2) is 18.2 Å². The number of aldehydes is 1. The van der Waals surface area contributed by atoms with Crippen molar-refractivity contribution in [3.8, 4) is 0 Å². The summed E-state index contributed by atoms with van der Waals surface area (Å²) in [6, 6.07) is 5.92. The summed E-state index contributed by atoms with van der Waals surface area (Å²) in [4.78, 5) is 10.8. The van der Waals surface area contributed by atoms with Crippen LogP contribution >= 0.6 is 11.3 Å². The molecule has 0 radical (unpaired) electrons. The topological polar surface area (TPSA) is 43.1 Å². The van der Waals surface area contributed by atoms with Crippen LogP contribution in [0, 0.1) is 0 Å². The monoisotopic (exact) mass is 205 g/mol. The standard InChI is InChI=1S/C11H11NOS/c1-2-7-3-8-5-11(12)14-10(8)4-9(7)6-13/h3-6H,2,12H2,1H3. The second-order valence-corrected chi connectivity index (χ2v) is 4.32. The number of carbonyl (C=O) groups is 1. The Bertz CT molecular complexity index is 487. The van der Waals surface area contributed by atoms with Crippen molar-refractivity contribution in [2.24, 2.45) is 0 Å². The molecule has 0 atom stereocenters. The molecule has 2 aromatic rings. The summed E-state index contributed by atoms with van der Waals surface area (Å²) in [5.74, 6) is 0. The fraction of sp³-hybridized carbons (Fsp3) is 0.182. The molecule has 2 nitrogen and oxygen atoms in total. The molecule has 0 saturated heterocycles. The first-order valence-corrected chi connectivity index (χ1v) is 5.33. The summed E-state index contributed by atoms with van der Waals surface area (Å²) in [6.45, 7) is 2.05. The molecule has 0 aliphatic carbocycles. The quantitative estimate of drug-likeness (QED) is 0.766. The van der Waals surface area contributed by atoms with E-state index in [4.69, 9.17) is 5.73 Å². The summed E-state index contributed by atoms with van der Waals surface area (Å²) in [6.07, 6.45) is 1.79. The number of benzene rings is 1. The number of fused-ring (bicyclic) bond motifs is 1. The molecule has 72 valence electrons. The largest absolute Gasteiger partial charge is 0.391 e. The van der Waals surface area contributed by atoms with Gasteiger partial charge in [-0.15, -0.1) is 11.3 Å². The Labute approximate surface area is 86.3 Å². The minimum Gasteiger partial charge on any atom is -0.391 e. The van der Waals surface area contributed by atoms with Gasteiger partial charge in [0.2, 0.25) is 0 Å². The Kier molecular flexibility index (Phi) is 2.25. The Morgan fingerprint density at radius 2 is 2.21 bits per heavy atom. The van der Waals surface area contributed by atoms with E-state index in [0.717, 1.165) is 38.9 Å². The number of nitrogens with two attached hydrogens (primary N) is 1. The smallest absolute Gasteiger partial charge is 0.150 e. The molecule has 1 aromatic heterocycles. The van der Waals surface area contributed by atoms with Gasteiger partial charge in [0, 0.05) is 10.3 Å². The van der Waals surface area contributed by atoms with E-state index >= 15 is 0 Å². The Morgan fingerprint density at radius 1 is 1.43 bits per heavy atom. The predicted molar refractivity (Wildman–Crippen MR) is 61.0 cm³/mol. The molecule has 2 N–H and O–H groups in total. The molecule has 3 heteroatoms. The van der Waals surface area contributed by atoms with Crippen molar-refractivity contribution in [2.75, 3.05) is 5.73 Å². The minimum atomic E-state index is 0.779. The number of hydrogen-bond donors (Lipinski definition) is 1. The van der Waals surface area contributed by atoms with E-state index in [2.05, 4.69) is 0 Å². The maximum atomic E-state index is 10.8. The molecule has 0 aliphatic rings. The van der Waals surface area contributed by atoms with E-state index in [9.17, 15) is 4.79 Å². The first kappa shape index (κ1) is 9.21. The van der Waals surface area contributed by atoms with Crippen molar-refractivity contribution < 1.29 is 4.79 Å². The van der Waals surface area contributed by atoms with Gasteiger partial charge in [-0.3, -0.25) is 4.79 Å². The summed E-state index contributed by atoms with van der Waals surface area (Å²) in [5.41, 5.74) is 7.57. The third-order valence-electron chi connectivity index (χ3n) is 2.31. The summed E-state index contributed by atoms with van der Waals surface area (Å²) in [7, 11) is 0. The number of anilines is 1. The van der Waals surface area contributed by atoms with Gasteiger partial charge in [-0.25, -0.2) is 0 Å². The second-order valence-electron chi connectivity index (χ2n) is 3.21. The highest BCUT2D eigenvalue weighted by Crippen LogP contribution is 2.29. The number of nitrogen functional groups attached to an aromatic ring is 1. The average molecular weight is 205 g/mol. The number of rotatable bonds is 2. The van der Waals surface area contributed by atoms with Crippen LogP contribution in [0.3, 0.4) is 0 Å². The van der Waals surface area contributed by atoms with Crippen LogP contribution in [0.25, 0.3) is 10.1 Å². The lowest BCUT2D eigenvalue weighted by atomic mass is 10.0. The molecule has 1 aromatic carbocycles. The van der Waals surface area contributed by atoms with Gasteiger partial charge in [0.05, 0.1) is 5.00 Å². The summed E-state index contributed by atoms with van der Waals surface area (Å²) in [5, 5.41) is 1.93. The number of carbonyl (C=O) groups excluding carboxylic acids is 1. The van der Waals surface area contributed by atoms with Gasteiger partial charge in [-0.1, -0.05) is 6.92 Å². The zero-order valence-corrected chi connectivity index (χ0v) is 8.73. The predicted octanol–water partition coefficient (Wildman–Crippen LogP) is 2.86. The molecule has 0 bridgehead atoms. The van der Waals surface area contributed by atoms with Gasteiger partial charge < -0.3 is 5.73 Å². The molecule has 14 heavy (non-hydrogen) atoms. The highest BCUT2D eigenvalue weighted by molar-refractivity contribution is 7.22. The van der Waals surface area contributed by atoms with Crippen molar-refractivity contribution in [3.63, 3.8) is 0 Å². The van der Waals surface area contributed by atoms with Crippen molar-refractivity contribution >= 4 is 32.7 Å². The molecular formula is C11H11NOS. The van der Waals surface area contributed by atoms with Crippen LogP contribution < -0.4 is 5.73 Å². The number of hydrogen-bond acceptors (Lipinski definition) is 3. The van der Waals surface area contributed by atoms with Crippen molar-refractivity contribution in [1.82, 2.24) is 0 Å². The van der Waals surface area contributed by atoms with E-state index in [1.807, 2.05) is 25.1 Å². The Balaban J connectivity index is 2.74. The third-order valence-corrected chi connectivity index (χ3v) is 3.23. The maximum Gasteiger partial charge on any atom is 0.150 e. The molecule has 2 rings (SSSR count). The molecule has 0 unspecified atom stereocenters. The van der Waals surface area contributed by atoms with Crippen LogP contribution in [0.1, 0.15) is 22.8 Å². The number of thiophene rings is 1. The van der Waals surface area contributed by atoms with Crippen molar-refractivity contribution in [2.45, 2.75) is 13.3 Å². The summed E-state index contributed by atoms with van der Waals surface area (Å²) < 4.78 is 1.09. The second kappa shape index (κ2) is 3.42. The molecular weight excluding hydrogens is 194 g/mol. The molecule has 0 amide bonds. The average Bonchev–Trinajstić information content (AvgIpc) is 2.54. The first-order valence-electron chi connectivity index (χ1n) is 4.51. The summed E-state index contributed by atoms with van der Waals surface area (Å²) >= 11 is 1.52. The van der Waals surface area contributed by atoms with Gasteiger partial charge in [0.1, 0.15) is 6.29 Å². The van der Waals surface area contributed by atoms with Crippen molar-refractivity contribution in [1.29, 1.82) is 0 Å². The SMILES string of the molecule is CCc1cc2cc(N)sc2cc1C=O. The van der Waals surface area contributed by atoms with E-state index in [-0.39, 0.29) is 0 Å². The van der Waals surface area contributed by atoms with Gasteiger partial charge >= 0.3 is 0 Å². The lowest BCUT2D eigenvalue weighted by Gasteiger charge is -2.00. The zero-order chi connectivity index (χ0) is 10.1. The van der Waals surface area contributed by atoms with Crippen LogP contribution in [0.4, 0.5) is 5.00 Å². The van der Waals surface area contributed by atoms with Crippen LogP contribution in [-0.4, -0.2) is 6.29 Å². The fourth-order valence-corrected chi connectivity index (χ4v) is 2.45. The van der Waals surface area contributed by atoms with Crippen molar-refractivity contribution in [3.05, 3.63) is 29.3 Å². The van der Waals surface area contributed by atoms with Gasteiger partial charge in [0.25, 0.3) is 0 Å². The van der Waals surface area contributed by atoms with Gasteiger partial charge in [0.15, 0.2) is 0 Å². The highest BCUT2D eigenvalue weighted by atomic mass is 32.1. The third kappa shape index (κ3) is 1.40. The Hall–Kier alpha value is -1.35. The lowest BCUT2D eigenvalue weighted by Crippen LogP contribution is -1.89. The van der Waals surface area contributed by atoms with Gasteiger partial charge in [-0.2, -0.15) is 0 Å². The fourth-order valence-electron chi connectivity index (χ4n) is 1.59.